The number of carbonyl (C=O) groups is 2. The van der Waals surface area contributed by atoms with Crippen LogP contribution < -0.4 is 10.6 Å². The molecule has 0 aromatic carbocycles. The highest BCUT2D eigenvalue weighted by molar-refractivity contribution is 5.96. The number of hydrogen-bond donors (Lipinski definition) is 2. The number of nitrogens with zero attached hydrogens (tertiary/aromatic N) is 1. The van der Waals surface area contributed by atoms with Crippen LogP contribution in [-0.4, -0.2) is 36.0 Å². The van der Waals surface area contributed by atoms with Crippen molar-refractivity contribution in [2.24, 2.45) is 0 Å². The summed E-state index contributed by atoms with van der Waals surface area (Å²) in [5.74, 6) is 1.35. The highest BCUT2D eigenvalue weighted by Gasteiger charge is 2.22. The Morgan fingerprint density at radius 3 is 2.61 bits per heavy atom. The lowest BCUT2D eigenvalue weighted by molar-refractivity contribution is -0.124. The molecule has 1 aliphatic rings. The second-order valence-corrected chi connectivity index (χ2v) is 6.40. The van der Waals surface area contributed by atoms with Crippen LogP contribution in [0.15, 0.2) is 16.5 Å². The summed E-state index contributed by atoms with van der Waals surface area (Å²) >= 11 is 0. The smallest absolute Gasteiger partial charge is 0.321 e. The van der Waals surface area contributed by atoms with Crippen molar-refractivity contribution in [2.45, 2.75) is 64.6 Å². The van der Waals surface area contributed by atoms with Crippen LogP contribution in [0.25, 0.3) is 0 Å². The van der Waals surface area contributed by atoms with Gasteiger partial charge in [-0.3, -0.25) is 15.0 Å². The average molecular weight is 321 g/mol. The molecular formula is C17H27N3O3. The molecule has 1 aromatic rings. The van der Waals surface area contributed by atoms with Crippen LogP contribution in [0.2, 0.25) is 0 Å². The first-order valence-corrected chi connectivity index (χ1v) is 8.32. The molecule has 0 aliphatic heterocycles. The van der Waals surface area contributed by atoms with E-state index in [9.17, 15) is 9.59 Å². The third kappa shape index (κ3) is 5.39. The van der Waals surface area contributed by atoms with Crippen molar-refractivity contribution in [1.82, 2.24) is 15.5 Å². The van der Waals surface area contributed by atoms with E-state index in [1.54, 1.807) is 6.92 Å². The standard InChI is InChI=1S/C17H27N3O3/c1-12-9-10-15(23-12)11-20(3)13(2)16(21)19-17(22)18-14-7-5-4-6-8-14/h9-10,13-14H,4-8,11H2,1-3H3,(H2,18,19,21,22)/t13-/m1/s1. The molecule has 1 heterocycles. The minimum Gasteiger partial charge on any atom is -0.465 e. The lowest BCUT2D eigenvalue weighted by Crippen LogP contribution is -2.50. The molecule has 1 aromatic heterocycles. The quantitative estimate of drug-likeness (QED) is 0.874. The molecule has 3 amide bonds. The average Bonchev–Trinajstić information content (AvgIpc) is 2.92. The van der Waals surface area contributed by atoms with Gasteiger partial charge in [0.15, 0.2) is 0 Å². The zero-order valence-electron chi connectivity index (χ0n) is 14.2. The number of furan rings is 1. The third-order valence-corrected chi connectivity index (χ3v) is 4.42. The van der Waals surface area contributed by atoms with E-state index in [4.69, 9.17) is 4.42 Å². The molecule has 0 unspecified atom stereocenters. The van der Waals surface area contributed by atoms with Gasteiger partial charge in [-0.2, -0.15) is 0 Å². The maximum atomic E-state index is 12.2. The van der Waals surface area contributed by atoms with Gasteiger partial charge >= 0.3 is 6.03 Å². The highest BCUT2D eigenvalue weighted by Crippen LogP contribution is 2.17. The fraction of sp³-hybridized carbons (Fsp3) is 0.647. The van der Waals surface area contributed by atoms with Gasteiger partial charge in [0.2, 0.25) is 5.91 Å². The Bertz CT molecular complexity index is 535. The van der Waals surface area contributed by atoms with E-state index in [1.165, 1.54) is 6.42 Å². The second-order valence-electron chi connectivity index (χ2n) is 6.40. The number of carbonyl (C=O) groups excluding carboxylic acids is 2. The van der Waals surface area contributed by atoms with Crippen molar-refractivity contribution in [3.63, 3.8) is 0 Å². The van der Waals surface area contributed by atoms with Gasteiger partial charge in [0.1, 0.15) is 11.5 Å². The van der Waals surface area contributed by atoms with Crippen LogP contribution in [-0.2, 0) is 11.3 Å². The van der Waals surface area contributed by atoms with Crippen molar-refractivity contribution in [2.75, 3.05) is 7.05 Å². The molecular weight excluding hydrogens is 294 g/mol. The lowest BCUT2D eigenvalue weighted by atomic mass is 9.96. The number of likely N-dealkylation sites (N-methyl/N-ethyl adjacent to an activating group) is 1. The van der Waals surface area contributed by atoms with Crippen LogP contribution >= 0.6 is 0 Å². The van der Waals surface area contributed by atoms with Gasteiger partial charge in [0.25, 0.3) is 0 Å². The molecule has 1 aliphatic carbocycles. The van der Waals surface area contributed by atoms with E-state index < -0.39 is 12.1 Å². The third-order valence-electron chi connectivity index (χ3n) is 4.42. The summed E-state index contributed by atoms with van der Waals surface area (Å²) in [4.78, 5) is 26.0. The number of amides is 3. The molecule has 1 atom stereocenters. The minimum atomic E-state index is -0.419. The van der Waals surface area contributed by atoms with E-state index in [2.05, 4.69) is 10.6 Å². The van der Waals surface area contributed by atoms with Crippen LogP contribution in [0.1, 0.15) is 50.5 Å². The van der Waals surface area contributed by atoms with Crippen LogP contribution in [0, 0.1) is 6.92 Å². The van der Waals surface area contributed by atoms with Crippen LogP contribution in [0.5, 0.6) is 0 Å². The number of hydrogen-bond acceptors (Lipinski definition) is 4. The predicted octanol–water partition coefficient (Wildman–Crippen LogP) is 2.57. The highest BCUT2D eigenvalue weighted by atomic mass is 16.3. The largest absolute Gasteiger partial charge is 0.465 e. The Kier molecular flexibility index (Phi) is 6.21. The summed E-state index contributed by atoms with van der Waals surface area (Å²) in [5.41, 5.74) is 0. The van der Waals surface area contributed by atoms with E-state index in [1.807, 2.05) is 31.0 Å². The Balaban J connectivity index is 1.77. The summed E-state index contributed by atoms with van der Waals surface area (Å²) in [5, 5.41) is 5.33. The summed E-state index contributed by atoms with van der Waals surface area (Å²) in [6.07, 6.45) is 5.50. The van der Waals surface area contributed by atoms with E-state index in [-0.39, 0.29) is 11.9 Å². The van der Waals surface area contributed by atoms with Gasteiger partial charge in [-0.05, 0) is 45.9 Å². The van der Waals surface area contributed by atoms with Crippen molar-refractivity contribution < 1.29 is 14.0 Å². The molecule has 2 rings (SSSR count). The van der Waals surface area contributed by atoms with Gasteiger partial charge < -0.3 is 9.73 Å². The zero-order valence-corrected chi connectivity index (χ0v) is 14.2. The molecule has 1 fully saturated rings. The SMILES string of the molecule is Cc1ccc(CN(C)[C@H](C)C(=O)NC(=O)NC2CCCCC2)o1. The number of urea groups is 1. The number of nitrogens with one attached hydrogen (secondary N) is 2. The predicted molar refractivity (Wildman–Crippen MR) is 87.9 cm³/mol. The van der Waals surface area contributed by atoms with Crippen molar-refractivity contribution in [3.8, 4) is 0 Å². The summed E-state index contributed by atoms with van der Waals surface area (Å²) in [6.45, 7) is 4.18. The van der Waals surface area contributed by atoms with Crippen LogP contribution in [0.3, 0.4) is 0 Å². The Morgan fingerprint density at radius 2 is 2.00 bits per heavy atom. The van der Waals surface area contributed by atoms with E-state index >= 15 is 0 Å². The molecule has 0 radical (unpaired) electrons. The monoisotopic (exact) mass is 321 g/mol. The number of rotatable bonds is 5. The molecule has 2 N–H and O–H groups in total. The number of aryl methyl sites for hydroxylation is 1. The molecule has 128 valence electrons. The Labute approximate surface area is 137 Å². The number of imide groups is 1. The fourth-order valence-electron chi connectivity index (χ4n) is 2.84. The minimum absolute atomic E-state index is 0.190. The Morgan fingerprint density at radius 1 is 1.30 bits per heavy atom. The fourth-order valence-corrected chi connectivity index (χ4v) is 2.84. The zero-order chi connectivity index (χ0) is 16.8. The molecule has 0 bridgehead atoms. The summed E-state index contributed by atoms with van der Waals surface area (Å²) in [7, 11) is 1.83. The van der Waals surface area contributed by atoms with Gasteiger partial charge in [-0.1, -0.05) is 19.3 Å². The van der Waals surface area contributed by atoms with Gasteiger partial charge in [0.05, 0.1) is 12.6 Å². The van der Waals surface area contributed by atoms with Gasteiger partial charge in [0, 0.05) is 6.04 Å². The molecule has 23 heavy (non-hydrogen) atoms. The molecule has 0 saturated heterocycles. The second kappa shape index (κ2) is 8.15. The first-order valence-electron chi connectivity index (χ1n) is 8.32. The lowest BCUT2D eigenvalue weighted by Gasteiger charge is -2.25. The maximum Gasteiger partial charge on any atom is 0.321 e. The molecule has 6 heteroatoms. The summed E-state index contributed by atoms with van der Waals surface area (Å²) in [6, 6.07) is 3.17. The normalized spacial score (nSPS) is 17.0. The van der Waals surface area contributed by atoms with Crippen molar-refractivity contribution in [1.29, 1.82) is 0 Å². The molecule has 0 spiro atoms. The topological polar surface area (TPSA) is 74.6 Å². The van der Waals surface area contributed by atoms with Crippen LogP contribution in [0.4, 0.5) is 4.79 Å². The first-order chi connectivity index (χ1) is 11.0. The van der Waals surface area contributed by atoms with Gasteiger partial charge in [-0.15, -0.1) is 0 Å². The van der Waals surface area contributed by atoms with Gasteiger partial charge in [-0.25, -0.2) is 4.79 Å². The van der Waals surface area contributed by atoms with E-state index in [0.717, 1.165) is 37.2 Å². The molecule has 1 saturated carbocycles. The maximum absolute atomic E-state index is 12.2. The first kappa shape index (κ1) is 17.5. The van der Waals surface area contributed by atoms with Crippen molar-refractivity contribution >= 4 is 11.9 Å². The Hall–Kier alpha value is -1.82. The summed E-state index contributed by atoms with van der Waals surface area (Å²) < 4.78 is 5.51. The van der Waals surface area contributed by atoms with Crippen molar-refractivity contribution in [3.05, 3.63) is 23.7 Å². The van der Waals surface area contributed by atoms with E-state index in [0.29, 0.717) is 6.54 Å². The molecule has 6 nitrogen and oxygen atoms in total.